The highest BCUT2D eigenvalue weighted by Crippen LogP contribution is 2.42. The number of benzene rings is 1. The summed E-state index contributed by atoms with van der Waals surface area (Å²) in [4.78, 5) is 12.0. The Morgan fingerprint density at radius 1 is 1.53 bits per heavy atom. The predicted molar refractivity (Wildman–Crippen MR) is 83.3 cm³/mol. The molecule has 1 fully saturated rings. The average Bonchev–Trinajstić information content (AvgIpc) is 2.32. The normalized spacial score (nSPS) is 17.8. The van der Waals surface area contributed by atoms with E-state index in [4.69, 9.17) is 5.73 Å². The molecule has 0 radical (unpaired) electrons. The van der Waals surface area contributed by atoms with Crippen LogP contribution in [0.1, 0.15) is 31.7 Å². The molecule has 2 rings (SSSR count). The van der Waals surface area contributed by atoms with Crippen molar-refractivity contribution in [1.29, 1.82) is 0 Å². The fraction of sp³-hybridized carbons (Fsp3) is 0.500. The third-order valence-electron chi connectivity index (χ3n) is 3.75. The van der Waals surface area contributed by atoms with Gasteiger partial charge < -0.3 is 11.1 Å². The summed E-state index contributed by atoms with van der Waals surface area (Å²) in [5, 5.41) is 3.18. The molecule has 0 saturated heterocycles. The second-order valence-electron chi connectivity index (χ2n) is 5.07. The molecular weight excluding hydrogens is 328 g/mol. The van der Waals surface area contributed by atoms with E-state index in [2.05, 4.69) is 33.4 Å². The van der Waals surface area contributed by atoms with E-state index in [-0.39, 0.29) is 29.8 Å². The Morgan fingerprint density at radius 3 is 2.68 bits per heavy atom. The van der Waals surface area contributed by atoms with Gasteiger partial charge in [0, 0.05) is 16.9 Å². The molecule has 0 aliphatic heterocycles. The molecule has 1 aromatic rings. The van der Waals surface area contributed by atoms with Gasteiger partial charge in [-0.2, -0.15) is 0 Å². The summed E-state index contributed by atoms with van der Waals surface area (Å²) in [6.45, 7) is 2.25. The maximum Gasteiger partial charge on any atom is 0.224 e. The number of hydrogen-bond donors (Lipinski definition) is 2. The number of hydrogen-bond acceptors (Lipinski definition) is 2. The van der Waals surface area contributed by atoms with Crippen LogP contribution in [0.2, 0.25) is 0 Å². The highest BCUT2D eigenvalue weighted by Gasteiger charge is 2.40. The number of nitrogens with one attached hydrogen (secondary N) is 1. The minimum absolute atomic E-state index is 0. The van der Waals surface area contributed by atoms with Crippen molar-refractivity contribution in [3.8, 4) is 0 Å². The van der Waals surface area contributed by atoms with Gasteiger partial charge in [0.25, 0.3) is 0 Å². The Balaban J connectivity index is 0.00000180. The van der Waals surface area contributed by atoms with Crippen molar-refractivity contribution in [3.63, 3.8) is 0 Å². The molecule has 19 heavy (non-hydrogen) atoms. The number of carbonyl (C=O) groups excluding carboxylic acids is 1. The van der Waals surface area contributed by atoms with E-state index in [0.29, 0.717) is 6.54 Å². The van der Waals surface area contributed by atoms with Crippen LogP contribution in [0.3, 0.4) is 0 Å². The number of nitrogens with two attached hydrogens (primary N) is 1. The molecule has 0 bridgehead atoms. The summed E-state index contributed by atoms with van der Waals surface area (Å²) in [7, 11) is 0. The first kappa shape index (κ1) is 16.5. The van der Waals surface area contributed by atoms with Crippen LogP contribution in [-0.2, 0) is 10.3 Å². The molecule has 1 aliphatic carbocycles. The van der Waals surface area contributed by atoms with Crippen molar-refractivity contribution < 1.29 is 4.79 Å². The van der Waals surface area contributed by atoms with Crippen LogP contribution in [0, 0.1) is 5.92 Å². The zero-order valence-corrected chi connectivity index (χ0v) is 13.4. The fourth-order valence-electron chi connectivity index (χ4n) is 2.27. The zero-order valence-electron chi connectivity index (χ0n) is 11.0. The van der Waals surface area contributed by atoms with Gasteiger partial charge in [-0.3, -0.25) is 4.79 Å². The van der Waals surface area contributed by atoms with E-state index in [1.807, 2.05) is 19.1 Å². The molecule has 1 atom stereocenters. The first-order valence-corrected chi connectivity index (χ1v) is 7.15. The Bertz CT molecular complexity index is 449. The summed E-state index contributed by atoms with van der Waals surface area (Å²) in [5.74, 6) is -0.0770. The van der Waals surface area contributed by atoms with Crippen LogP contribution in [0.25, 0.3) is 0 Å². The Labute approximate surface area is 128 Å². The van der Waals surface area contributed by atoms with Crippen LogP contribution < -0.4 is 11.1 Å². The molecule has 1 unspecified atom stereocenters. The molecule has 5 heteroatoms. The van der Waals surface area contributed by atoms with Crippen molar-refractivity contribution in [2.24, 2.45) is 11.7 Å². The van der Waals surface area contributed by atoms with E-state index >= 15 is 0 Å². The molecule has 1 amide bonds. The predicted octanol–water partition coefficient (Wildman–Crippen LogP) is 2.96. The van der Waals surface area contributed by atoms with E-state index in [9.17, 15) is 4.79 Å². The minimum Gasteiger partial charge on any atom is -0.346 e. The molecule has 0 heterocycles. The average molecular weight is 348 g/mol. The molecular formula is C14H20BrClN2O. The molecule has 3 nitrogen and oxygen atoms in total. The quantitative estimate of drug-likeness (QED) is 0.880. The van der Waals surface area contributed by atoms with Gasteiger partial charge in [0.05, 0.1) is 5.54 Å². The van der Waals surface area contributed by atoms with Crippen LogP contribution in [0.15, 0.2) is 28.7 Å². The Morgan fingerprint density at radius 2 is 2.21 bits per heavy atom. The smallest absolute Gasteiger partial charge is 0.224 e. The molecule has 1 aliphatic rings. The van der Waals surface area contributed by atoms with Crippen LogP contribution in [0.5, 0.6) is 0 Å². The molecule has 106 valence electrons. The summed E-state index contributed by atoms with van der Waals surface area (Å²) in [5.41, 5.74) is 6.55. The van der Waals surface area contributed by atoms with Gasteiger partial charge in [-0.1, -0.05) is 35.0 Å². The summed E-state index contributed by atoms with van der Waals surface area (Å²) in [6, 6.07) is 8.18. The van der Waals surface area contributed by atoms with E-state index in [0.717, 1.165) is 23.7 Å². The third-order valence-corrected chi connectivity index (χ3v) is 4.24. The highest BCUT2D eigenvalue weighted by atomic mass is 79.9. The fourth-order valence-corrected chi connectivity index (χ4v) is 2.67. The molecule has 1 aromatic carbocycles. The first-order chi connectivity index (χ1) is 8.57. The SMILES string of the molecule is CC(CN)C(=O)NC1(c2cccc(Br)c2)CCC1.Cl. The summed E-state index contributed by atoms with van der Waals surface area (Å²) in [6.07, 6.45) is 3.17. The van der Waals surface area contributed by atoms with E-state index in [1.165, 1.54) is 5.56 Å². The minimum atomic E-state index is -0.176. The van der Waals surface area contributed by atoms with E-state index in [1.54, 1.807) is 0 Å². The number of amides is 1. The lowest BCUT2D eigenvalue weighted by Crippen LogP contribution is -2.52. The Hall–Kier alpha value is -0.580. The largest absolute Gasteiger partial charge is 0.346 e. The van der Waals surface area contributed by atoms with Gasteiger partial charge in [-0.05, 0) is 37.0 Å². The maximum absolute atomic E-state index is 12.0. The first-order valence-electron chi connectivity index (χ1n) is 6.35. The second-order valence-corrected chi connectivity index (χ2v) is 5.99. The monoisotopic (exact) mass is 346 g/mol. The van der Waals surface area contributed by atoms with Gasteiger partial charge >= 0.3 is 0 Å². The van der Waals surface area contributed by atoms with Crippen molar-refractivity contribution in [2.75, 3.05) is 6.54 Å². The topological polar surface area (TPSA) is 55.1 Å². The van der Waals surface area contributed by atoms with Gasteiger partial charge in [-0.25, -0.2) is 0 Å². The molecule has 0 aromatic heterocycles. The summed E-state index contributed by atoms with van der Waals surface area (Å²) >= 11 is 3.48. The van der Waals surface area contributed by atoms with E-state index < -0.39 is 0 Å². The van der Waals surface area contributed by atoms with Crippen molar-refractivity contribution in [2.45, 2.75) is 31.7 Å². The highest BCUT2D eigenvalue weighted by molar-refractivity contribution is 9.10. The van der Waals surface area contributed by atoms with Crippen LogP contribution in [-0.4, -0.2) is 12.5 Å². The lowest BCUT2D eigenvalue weighted by molar-refractivity contribution is -0.127. The van der Waals surface area contributed by atoms with Gasteiger partial charge in [0.1, 0.15) is 0 Å². The van der Waals surface area contributed by atoms with Gasteiger partial charge in [0.2, 0.25) is 5.91 Å². The van der Waals surface area contributed by atoms with Gasteiger partial charge in [-0.15, -0.1) is 12.4 Å². The maximum atomic E-state index is 12.0. The number of carbonyl (C=O) groups is 1. The number of rotatable bonds is 4. The summed E-state index contributed by atoms with van der Waals surface area (Å²) < 4.78 is 1.05. The molecule has 1 saturated carbocycles. The standard InChI is InChI=1S/C14H19BrN2O.ClH/c1-10(9-16)13(18)17-14(6-3-7-14)11-4-2-5-12(15)8-11;/h2,4-5,8,10H,3,6-7,9,16H2,1H3,(H,17,18);1H. The molecule has 3 N–H and O–H groups in total. The van der Waals surface area contributed by atoms with Crippen molar-refractivity contribution in [3.05, 3.63) is 34.3 Å². The Kier molecular flexibility index (Phi) is 5.83. The second kappa shape index (κ2) is 6.73. The van der Waals surface area contributed by atoms with Crippen molar-refractivity contribution >= 4 is 34.2 Å². The van der Waals surface area contributed by atoms with Crippen LogP contribution in [0.4, 0.5) is 0 Å². The lowest BCUT2D eigenvalue weighted by atomic mass is 9.71. The lowest BCUT2D eigenvalue weighted by Gasteiger charge is -2.43. The number of halogens is 2. The van der Waals surface area contributed by atoms with Gasteiger partial charge in [0.15, 0.2) is 0 Å². The van der Waals surface area contributed by atoms with Crippen LogP contribution >= 0.6 is 28.3 Å². The van der Waals surface area contributed by atoms with Crippen molar-refractivity contribution in [1.82, 2.24) is 5.32 Å². The molecule has 0 spiro atoms. The zero-order chi connectivity index (χ0) is 13.2. The third kappa shape index (κ3) is 3.50.